The Balaban J connectivity index is 2.06. The standard InChI is InChI=1S/C20H13Cl3N2OS/c21-14-5-7-15(8-6-14)24-20(27)18(25-10-2-1-3-11-25)19(26)13-4-9-16(22)17(23)12-13/h1-12H,(H-,24,26,27). The van der Waals surface area contributed by atoms with E-state index in [1.807, 2.05) is 18.2 Å². The molecule has 0 bridgehead atoms. The van der Waals surface area contributed by atoms with Gasteiger partial charge in [0.15, 0.2) is 17.4 Å². The molecule has 1 aromatic heterocycles. The van der Waals surface area contributed by atoms with E-state index < -0.39 is 0 Å². The molecule has 0 spiro atoms. The molecule has 0 atom stereocenters. The highest BCUT2D eigenvalue weighted by atomic mass is 35.5. The fourth-order valence-electron chi connectivity index (χ4n) is 2.38. The zero-order valence-corrected chi connectivity index (χ0v) is 16.9. The molecule has 3 rings (SSSR count). The van der Waals surface area contributed by atoms with Gasteiger partial charge in [0.25, 0.3) is 0 Å². The lowest BCUT2D eigenvalue weighted by molar-refractivity contribution is -0.577. The van der Waals surface area contributed by atoms with E-state index in [0.717, 1.165) is 5.69 Å². The highest BCUT2D eigenvalue weighted by Crippen LogP contribution is 2.26. The van der Waals surface area contributed by atoms with Crippen LogP contribution in [0.5, 0.6) is 0 Å². The molecule has 0 amide bonds. The van der Waals surface area contributed by atoms with Crippen molar-refractivity contribution in [2.75, 3.05) is 5.32 Å². The van der Waals surface area contributed by atoms with Gasteiger partial charge in [-0.1, -0.05) is 59.2 Å². The van der Waals surface area contributed by atoms with Crippen LogP contribution >= 0.6 is 47.0 Å². The lowest BCUT2D eigenvalue weighted by Crippen LogP contribution is -2.39. The van der Waals surface area contributed by atoms with Crippen molar-refractivity contribution < 1.29 is 9.67 Å². The van der Waals surface area contributed by atoms with Crippen LogP contribution in [0.15, 0.2) is 73.1 Å². The number of halogens is 3. The van der Waals surface area contributed by atoms with Crippen molar-refractivity contribution in [3.8, 4) is 0 Å². The smallest absolute Gasteiger partial charge is 0.238 e. The van der Waals surface area contributed by atoms with Gasteiger partial charge in [-0.2, -0.15) is 4.57 Å². The van der Waals surface area contributed by atoms with E-state index in [0.29, 0.717) is 26.3 Å². The van der Waals surface area contributed by atoms with Crippen LogP contribution in [-0.2, 0) is 0 Å². The zero-order valence-electron chi connectivity index (χ0n) is 13.8. The maximum Gasteiger partial charge on any atom is 0.238 e. The van der Waals surface area contributed by atoms with Crippen LogP contribution < -0.4 is 15.0 Å². The monoisotopic (exact) mass is 434 g/mol. The number of aromatic nitrogens is 1. The molecule has 0 aliphatic heterocycles. The molecule has 0 aliphatic rings. The molecular formula is C20H13Cl3N2OS. The maximum atomic E-state index is 13.2. The molecule has 0 unspecified atom stereocenters. The fourth-order valence-corrected chi connectivity index (χ4v) is 3.12. The van der Waals surface area contributed by atoms with Crippen LogP contribution in [0, 0.1) is 0 Å². The van der Waals surface area contributed by atoms with Crippen LogP contribution in [0.25, 0.3) is 11.5 Å². The van der Waals surface area contributed by atoms with Gasteiger partial charge in [-0.15, -0.1) is 0 Å². The summed E-state index contributed by atoms with van der Waals surface area (Å²) in [4.78, 5) is 0.268. The van der Waals surface area contributed by atoms with Crippen LogP contribution in [0.1, 0.15) is 5.56 Å². The van der Waals surface area contributed by atoms with Gasteiger partial charge in [0.05, 0.1) is 10.0 Å². The number of hydrogen-bond donors (Lipinski definition) is 1. The molecule has 7 heteroatoms. The van der Waals surface area contributed by atoms with E-state index in [4.69, 9.17) is 47.0 Å². The molecule has 0 saturated carbocycles. The quantitative estimate of drug-likeness (QED) is 0.269. The van der Waals surface area contributed by atoms with Gasteiger partial charge in [-0.3, -0.25) is 0 Å². The summed E-state index contributed by atoms with van der Waals surface area (Å²) in [6.07, 6.45) is 3.50. The Morgan fingerprint density at radius 3 is 2.19 bits per heavy atom. The van der Waals surface area contributed by atoms with E-state index in [2.05, 4.69) is 5.32 Å². The number of pyridine rings is 1. The Morgan fingerprint density at radius 1 is 0.889 bits per heavy atom. The second-order valence-electron chi connectivity index (χ2n) is 5.55. The van der Waals surface area contributed by atoms with Gasteiger partial charge < -0.3 is 10.4 Å². The molecule has 3 nitrogen and oxygen atoms in total. The lowest BCUT2D eigenvalue weighted by atomic mass is 10.1. The van der Waals surface area contributed by atoms with Crippen molar-refractivity contribution in [2.45, 2.75) is 0 Å². The first-order valence-corrected chi connectivity index (χ1v) is 9.40. The van der Waals surface area contributed by atoms with Gasteiger partial charge in [0.1, 0.15) is 0 Å². The molecule has 1 heterocycles. The first-order valence-electron chi connectivity index (χ1n) is 7.86. The normalized spacial score (nSPS) is 11.7. The molecule has 27 heavy (non-hydrogen) atoms. The summed E-state index contributed by atoms with van der Waals surface area (Å²) in [5.41, 5.74) is 1.40. The Bertz CT molecular complexity index is 1010. The lowest BCUT2D eigenvalue weighted by Gasteiger charge is -2.17. The van der Waals surface area contributed by atoms with Gasteiger partial charge in [-0.25, -0.2) is 0 Å². The van der Waals surface area contributed by atoms with Gasteiger partial charge in [0.2, 0.25) is 5.70 Å². The first kappa shape index (κ1) is 19.6. The van der Waals surface area contributed by atoms with Crippen LogP contribution in [0.4, 0.5) is 5.69 Å². The molecule has 136 valence electrons. The molecule has 0 fully saturated rings. The van der Waals surface area contributed by atoms with E-state index in [9.17, 15) is 5.11 Å². The Labute approximate surface area is 177 Å². The van der Waals surface area contributed by atoms with E-state index >= 15 is 0 Å². The summed E-state index contributed by atoms with van der Waals surface area (Å²) in [5, 5.41) is 17.6. The highest BCUT2D eigenvalue weighted by Gasteiger charge is 2.19. The summed E-state index contributed by atoms with van der Waals surface area (Å²) in [7, 11) is 0. The van der Waals surface area contributed by atoms with Crippen molar-refractivity contribution in [1.82, 2.24) is 0 Å². The van der Waals surface area contributed by atoms with Gasteiger partial charge in [0, 0.05) is 22.8 Å². The van der Waals surface area contributed by atoms with Crippen molar-refractivity contribution in [3.63, 3.8) is 0 Å². The van der Waals surface area contributed by atoms with E-state index in [1.165, 1.54) is 6.07 Å². The number of thiocarbonyl (C=S) groups is 1. The van der Waals surface area contributed by atoms with Gasteiger partial charge in [-0.05, 0) is 47.7 Å². The van der Waals surface area contributed by atoms with E-state index in [1.54, 1.807) is 53.4 Å². The molecule has 1 N–H and O–H groups in total. The second-order valence-corrected chi connectivity index (χ2v) is 7.21. The minimum Gasteiger partial charge on any atom is -0.867 e. The number of rotatable bonds is 4. The first-order chi connectivity index (χ1) is 13.0. The third-order valence-electron chi connectivity index (χ3n) is 3.69. The van der Waals surface area contributed by atoms with Crippen LogP contribution in [0.3, 0.4) is 0 Å². The molecule has 3 aromatic rings. The zero-order chi connectivity index (χ0) is 19.4. The predicted molar refractivity (Wildman–Crippen MR) is 114 cm³/mol. The van der Waals surface area contributed by atoms with Crippen LogP contribution in [-0.4, -0.2) is 4.99 Å². The Morgan fingerprint density at radius 2 is 1.56 bits per heavy atom. The third kappa shape index (κ3) is 4.79. The number of nitrogens with zero attached hydrogens (tertiary/aromatic N) is 1. The second kappa shape index (κ2) is 8.72. The average Bonchev–Trinajstić information content (AvgIpc) is 2.67. The SMILES string of the molecule is [O-]/C(=C(\C(=S)Nc1ccc(Cl)cc1)[n+]1ccccc1)c1ccc(Cl)c(Cl)c1. The maximum absolute atomic E-state index is 13.2. The van der Waals surface area contributed by atoms with E-state index in [-0.39, 0.29) is 10.7 Å². The summed E-state index contributed by atoms with van der Waals surface area (Å²) in [5.74, 6) is -0.281. The molecular weight excluding hydrogens is 423 g/mol. The largest absolute Gasteiger partial charge is 0.867 e. The number of hydrogen-bond acceptors (Lipinski definition) is 2. The van der Waals surface area contributed by atoms with Crippen molar-refractivity contribution in [1.29, 1.82) is 0 Å². The predicted octanol–water partition coefficient (Wildman–Crippen LogP) is 5.06. The summed E-state index contributed by atoms with van der Waals surface area (Å²) in [6, 6.07) is 17.3. The fraction of sp³-hybridized carbons (Fsp3) is 0. The summed E-state index contributed by atoms with van der Waals surface area (Å²) >= 11 is 23.5. The summed E-state index contributed by atoms with van der Waals surface area (Å²) < 4.78 is 1.66. The number of benzene rings is 2. The average molecular weight is 436 g/mol. The highest BCUT2D eigenvalue weighted by molar-refractivity contribution is 7.81. The Kier molecular flexibility index (Phi) is 6.34. The molecule has 0 aliphatic carbocycles. The van der Waals surface area contributed by atoms with Gasteiger partial charge >= 0.3 is 0 Å². The van der Waals surface area contributed by atoms with Crippen molar-refractivity contribution in [2.24, 2.45) is 0 Å². The minimum atomic E-state index is -0.281. The number of anilines is 1. The third-order valence-corrected chi connectivity index (χ3v) is 4.97. The van der Waals surface area contributed by atoms with Crippen molar-refractivity contribution >= 4 is 69.2 Å². The van der Waals surface area contributed by atoms with Crippen LogP contribution in [0.2, 0.25) is 15.1 Å². The van der Waals surface area contributed by atoms with Crippen molar-refractivity contribution in [3.05, 3.63) is 93.7 Å². The Hall–Kier alpha value is -2.11. The summed E-state index contributed by atoms with van der Waals surface area (Å²) in [6.45, 7) is 0. The molecule has 0 radical (unpaired) electrons. The molecule has 2 aromatic carbocycles. The topological polar surface area (TPSA) is 39.0 Å². The minimum absolute atomic E-state index is 0.268. The molecule has 0 saturated heterocycles. The number of nitrogens with one attached hydrogen (secondary N) is 1.